The predicted molar refractivity (Wildman–Crippen MR) is 91.4 cm³/mol. The number of thioether (sulfide) groups is 1. The van der Waals surface area contributed by atoms with Crippen molar-refractivity contribution < 1.29 is 9.21 Å². The molecular formula is C18H22N2O2S. The van der Waals surface area contributed by atoms with E-state index in [4.69, 9.17) is 4.42 Å². The Kier molecular flexibility index (Phi) is 4.29. The van der Waals surface area contributed by atoms with Crippen LogP contribution in [0.5, 0.6) is 0 Å². The van der Waals surface area contributed by atoms with Crippen LogP contribution in [0.2, 0.25) is 0 Å². The molecule has 1 saturated heterocycles. The van der Waals surface area contributed by atoms with Gasteiger partial charge in [-0.25, -0.2) is 4.98 Å². The number of benzene rings is 1. The van der Waals surface area contributed by atoms with Gasteiger partial charge in [0.15, 0.2) is 5.58 Å². The smallest absolute Gasteiger partial charge is 0.257 e. The van der Waals surface area contributed by atoms with Crippen LogP contribution in [-0.2, 0) is 4.79 Å². The Hall–Kier alpha value is -1.49. The van der Waals surface area contributed by atoms with Gasteiger partial charge in [0.2, 0.25) is 5.91 Å². The number of para-hydroxylation sites is 2. The van der Waals surface area contributed by atoms with E-state index < -0.39 is 0 Å². The maximum atomic E-state index is 12.5. The van der Waals surface area contributed by atoms with E-state index in [9.17, 15) is 4.79 Å². The maximum Gasteiger partial charge on any atom is 0.257 e. The van der Waals surface area contributed by atoms with Crippen LogP contribution in [0.3, 0.4) is 0 Å². The molecule has 1 aromatic heterocycles. The Bertz CT molecular complexity index is 666. The molecule has 2 fully saturated rings. The summed E-state index contributed by atoms with van der Waals surface area (Å²) in [5.41, 5.74) is 1.64. The van der Waals surface area contributed by atoms with Gasteiger partial charge in [-0.2, -0.15) is 0 Å². The van der Waals surface area contributed by atoms with Gasteiger partial charge in [0.05, 0.1) is 5.75 Å². The van der Waals surface area contributed by atoms with Crippen LogP contribution >= 0.6 is 11.8 Å². The summed E-state index contributed by atoms with van der Waals surface area (Å²) < 4.78 is 5.67. The van der Waals surface area contributed by atoms with Crippen molar-refractivity contribution in [2.75, 3.05) is 18.8 Å². The number of hydrogen-bond acceptors (Lipinski definition) is 4. The lowest BCUT2D eigenvalue weighted by molar-refractivity contribution is -0.131. The van der Waals surface area contributed by atoms with Crippen LogP contribution in [0.1, 0.15) is 32.1 Å². The number of piperidine rings is 1. The van der Waals surface area contributed by atoms with Crippen LogP contribution in [-0.4, -0.2) is 34.6 Å². The summed E-state index contributed by atoms with van der Waals surface area (Å²) in [7, 11) is 0. The standard InChI is InChI=1S/C18H22N2O2S/c21-17(20-10-9-13-5-1-2-6-14(13)11-20)12-23-18-19-15-7-3-4-8-16(15)22-18/h3-4,7-8,13-14H,1-2,5-6,9-12H2/t13-,14+/m1/s1. The van der Waals surface area contributed by atoms with E-state index in [1.54, 1.807) is 0 Å². The van der Waals surface area contributed by atoms with E-state index in [-0.39, 0.29) is 5.91 Å². The third kappa shape index (κ3) is 3.25. The molecule has 2 heterocycles. The Morgan fingerprint density at radius 3 is 2.91 bits per heavy atom. The third-order valence-electron chi connectivity index (χ3n) is 5.24. The van der Waals surface area contributed by atoms with Gasteiger partial charge in [0.1, 0.15) is 5.52 Å². The molecule has 2 atom stereocenters. The van der Waals surface area contributed by atoms with Gasteiger partial charge in [-0.15, -0.1) is 0 Å². The van der Waals surface area contributed by atoms with Gasteiger partial charge in [-0.3, -0.25) is 4.79 Å². The number of carbonyl (C=O) groups excluding carboxylic acids is 1. The molecule has 0 spiro atoms. The molecule has 4 nitrogen and oxygen atoms in total. The average molecular weight is 330 g/mol. The van der Waals surface area contributed by atoms with E-state index in [2.05, 4.69) is 9.88 Å². The molecule has 0 bridgehead atoms. The fourth-order valence-electron chi connectivity index (χ4n) is 3.95. The SMILES string of the molecule is O=C(CSc1nc2ccccc2o1)N1CC[C@H]2CCCC[C@H]2C1. The molecule has 5 heteroatoms. The largest absolute Gasteiger partial charge is 0.431 e. The predicted octanol–water partition coefficient (Wildman–Crippen LogP) is 3.96. The first-order chi connectivity index (χ1) is 11.3. The summed E-state index contributed by atoms with van der Waals surface area (Å²) in [6.07, 6.45) is 6.56. The van der Waals surface area contributed by atoms with E-state index in [1.807, 2.05) is 24.3 Å². The van der Waals surface area contributed by atoms with Gasteiger partial charge in [-0.05, 0) is 36.8 Å². The summed E-state index contributed by atoms with van der Waals surface area (Å²) in [5, 5.41) is 0.590. The van der Waals surface area contributed by atoms with E-state index in [0.717, 1.165) is 36.0 Å². The van der Waals surface area contributed by atoms with Crippen LogP contribution in [0.25, 0.3) is 11.1 Å². The number of oxazole rings is 1. The molecule has 122 valence electrons. The Labute approximate surface area is 140 Å². The summed E-state index contributed by atoms with van der Waals surface area (Å²) in [4.78, 5) is 19.0. The molecule has 1 amide bonds. The Morgan fingerprint density at radius 2 is 2.04 bits per heavy atom. The summed E-state index contributed by atoms with van der Waals surface area (Å²) in [6.45, 7) is 1.88. The number of aromatic nitrogens is 1. The van der Waals surface area contributed by atoms with Crippen molar-refractivity contribution in [3.05, 3.63) is 24.3 Å². The highest BCUT2D eigenvalue weighted by Gasteiger charge is 2.32. The quantitative estimate of drug-likeness (QED) is 0.799. The van der Waals surface area contributed by atoms with Crippen molar-refractivity contribution >= 4 is 28.8 Å². The Balaban J connectivity index is 1.34. The average Bonchev–Trinajstić information content (AvgIpc) is 3.02. The molecule has 0 unspecified atom stereocenters. The van der Waals surface area contributed by atoms with Crippen molar-refractivity contribution in [1.82, 2.24) is 9.88 Å². The maximum absolute atomic E-state index is 12.5. The molecule has 4 rings (SSSR count). The zero-order valence-corrected chi connectivity index (χ0v) is 14.1. The van der Waals surface area contributed by atoms with Gasteiger partial charge in [0, 0.05) is 13.1 Å². The van der Waals surface area contributed by atoms with E-state index in [0.29, 0.717) is 11.0 Å². The highest BCUT2D eigenvalue weighted by Crippen LogP contribution is 2.36. The van der Waals surface area contributed by atoms with Crippen molar-refractivity contribution in [3.63, 3.8) is 0 Å². The monoisotopic (exact) mass is 330 g/mol. The number of likely N-dealkylation sites (tertiary alicyclic amines) is 1. The normalized spacial score (nSPS) is 24.6. The molecule has 1 aliphatic carbocycles. The van der Waals surface area contributed by atoms with Crippen molar-refractivity contribution in [2.45, 2.75) is 37.3 Å². The lowest BCUT2D eigenvalue weighted by atomic mass is 9.75. The molecule has 1 aromatic carbocycles. The Morgan fingerprint density at radius 1 is 1.22 bits per heavy atom. The molecule has 1 saturated carbocycles. The number of hydrogen-bond donors (Lipinski definition) is 0. The lowest BCUT2D eigenvalue weighted by Gasteiger charge is -2.41. The van der Waals surface area contributed by atoms with Crippen LogP contribution in [0, 0.1) is 11.8 Å². The summed E-state index contributed by atoms with van der Waals surface area (Å²) >= 11 is 1.41. The second kappa shape index (κ2) is 6.56. The first kappa shape index (κ1) is 15.1. The second-order valence-electron chi connectivity index (χ2n) is 6.67. The van der Waals surface area contributed by atoms with Gasteiger partial charge in [-0.1, -0.05) is 43.2 Å². The van der Waals surface area contributed by atoms with Gasteiger partial charge < -0.3 is 9.32 Å². The van der Waals surface area contributed by atoms with Crippen LogP contribution in [0.15, 0.2) is 33.9 Å². The fourth-order valence-corrected chi connectivity index (χ4v) is 4.70. The van der Waals surface area contributed by atoms with Gasteiger partial charge in [0.25, 0.3) is 5.22 Å². The highest BCUT2D eigenvalue weighted by atomic mass is 32.2. The second-order valence-corrected chi connectivity index (χ2v) is 7.60. The first-order valence-electron chi connectivity index (χ1n) is 8.56. The molecule has 0 radical (unpaired) electrons. The summed E-state index contributed by atoms with van der Waals surface area (Å²) in [6, 6.07) is 7.71. The number of amides is 1. The topological polar surface area (TPSA) is 46.3 Å². The van der Waals surface area contributed by atoms with E-state index in [1.165, 1.54) is 43.9 Å². The van der Waals surface area contributed by atoms with Crippen molar-refractivity contribution in [1.29, 1.82) is 0 Å². The minimum absolute atomic E-state index is 0.223. The highest BCUT2D eigenvalue weighted by molar-refractivity contribution is 7.99. The molecule has 0 N–H and O–H groups in total. The molecular weight excluding hydrogens is 308 g/mol. The fraction of sp³-hybridized carbons (Fsp3) is 0.556. The van der Waals surface area contributed by atoms with Crippen molar-refractivity contribution in [3.8, 4) is 0 Å². The van der Waals surface area contributed by atoms with Crippen LogP contribution in [0.4, 0.5) is 0 Å². The van der Waals surface area contributed by atoms with Gasteiger partial charge >= 0.3 is 0 Å². The van der Waals surface area contributed by atoms with Crippen molar-refractivity contribution in [2.24, 2.45) is 11.8 Å². The van der Waals surface area contributed by atoms with Crippen LogP contribution < -0.4 is 0 Å². The zero-order chi connectivity index (χ0) is 15.6. The number of rotatable bonds is 3. The number of carbonyl (C=O) groups is 1. The number of fused-ring (bicyclic) bond motifs is 2. The molecule has 2 aromatic rings. The molecule has 2 aliphatic rings. The zero-order valence-electron chi connectivity index (χ0n) is 13.2. The minimum Gasteiger partial charge on any atom is -0.431 e. The van der Waals surface area contributed by atoms with E-state index >= 15 is 0 Å². The lowest BCUT2D eigenvalue weighted by Crippen LogP contribution is -2.45. The number of nitrogens with zero attached hydrogens (tertiary/aromatic N) is 2. The molecule has 23 heavy (non-hydrogen) atoms. The first-order valence-corrected chi connectivity index (χ1v) is 9.54. The minimum atomic E-state index is 0.223. The third-order valence-corrected chi connectivity index (χ3v) is 6.05. The molecule has 1 aliphatic heterocycles. The summed E-state index contributed by atoms with van der Waals surface area (Å²) in [5.74, 6) is 2.24.